The Kier molecular flexibility index (Phi) is 3.90. The zero-order valence-electron chi connectivity index (χ0n) is 8.67. The third kappa shape index (κ3) is 3.55. The van der Waals surface area contributed by atoms with E-state index in [4.69, 9.17) is 0 Å². The summed E-state index contributed by atoms with van der Waals surface area (Å²) in [7, 11) is 0. The number of nitrogens with one attached hydrogen (secondary N) is 1. The van der Waals surface area contributed by atoms with Crippen LogP contribution in [0.15, 0.2) is 18.3 Å². The SMILES string of the molecule is CCC(C)NCc1ccc(C)cn1. The predicted octanol–water partition coefficient (Wildman–Crippen LogP) is 2.28. The summed E-state index contributed by atoms with van der Waals surface area (Å²) in [4.78, 5) is 4.32. The maximum absolute atomic E-state index is 4.32. The van der Waals surface area contributed by atoms with Gasteiger partial charge in [0.05, 0.1) is 5.69 Å². The Morgan fingerprint density at radius 2 is 2.23 bits per heavy atom. The molecule has 0 bridgehead atoms. The Balaban J connectivity index is 2.41. The van der Waals surface area contributed by atoms with Crippen LogP contribution in [-0.2, 0) is 6.54 Å². The van der Waals surface area contributed by atoms with Gasteiger partial charge in [0.2, 0.25) is 0 Å². The van der Waals surface area contributed by atoms with E-state index in [2.05, 4.69) is 43.2 Å². The summed E-state index contributed by atoms with van der Waals surface area (Å²) < 4.78 is 0. The predicted molar refractivity (Wildman–Crippen MR) is 55.6 cm³/mol. The van der Waals surface area contributed by atoms with Crippen molar-refractivity contribution in [2.24, 2.45) is 0 Å². The van der Waals surface area contributed by atoms with Crippen molar-refractivity contribution >= 4 is 0 Å². The van der Waals surface area contributed by atoms with Crippen molar-refractivity contribution in [1.29, 1.82) is 0 Å². The van der Waals surface area contributed by atoms with E-state index in [0.29, 0.717) is 6.04 Å². The Morgan fingerprint density at radius 1 is 1.46 bits per heavy atom. The minimum Gasteiger partial charge on any atom is -0.309 e. The molecule has 0 aliphatic carbocycles. The molecule has 0 radical (unpaired) electrons. The normalized spacial score (nSPS) is 12.8. The molecular formula is C11H18N2. The van der Waals surface area contributed by atoms with Crippen molar-refractivity contribution in [1.82, 2.24) is 10.3 Å². The Morgan fingerprint density at radius 3 is 2.77 bits per heavy atom. The topological polar surface area (TPSA) is 24.9 Å². The maximum Gasteiger partial charge on any atom is 0.0541 e. The first-order chi connectivity index (χ1) is 6.22. The van der Waals surface area contributed by atoms with E-state index in [0.717, 1.165) is 18.7 Å². The van der Waals surface area contributed by atoms with Crippen LogP contribution in [0.3, 0.4) is 0 Å². The van der Waals surface area contributed by atoms with Gasteiger partial charge in [0, 0.05) is 18.8 Å². The van der Waals surface area contributed by atoms with Crippen molar-refractivity contribution in [2.45, 2.75) is 39.8 Å². The second-order valence-corrected chi connectivity index (χ2v) is 3.52. The number of hydrogen-bond acceptors (Lipinski definition) is 2. The van der Waals surface area contributed by atoms with Gasteiger partial charge in [-0.05, 0) is 31.9 Å². The highest BCUT2D eigenvalue weighted by molar-refractivity contribution is 5.11. The smallest absolute Gasteiger partial charge is 0.0541 e. The number of rotatable bonds is 4. The molecule has 0 aromatic carbocycles. The highest BCUT2D eigenvalue weighted by atomic mass is 14.9. The largest absolute Gasteiger partial charge is 0.309 e. The fourth-order valence-electron chi connectivity index (χ4n) is 1.03. The molecule has 1 aromatic heterocycles. The summed E-state index contributed by atoms with van der Waals surface area (Å²) in [5, 5.41) is 3.41. The maximum atomic E-state index is 4.32. The van der Waals surface area contributed by atoms with Crippen molar-refractivity contribution in [3.05, 3.63) is 29.6 Å². The molecule has 0 aliphatic rings. The lowest BCUT2D eigenvalue weighted by molar-refractivity contribution is 0.529. The van der Waals surface area contributed by atoms with E-state index in [1.54, 1.807) is 0 Å². The van der Waals surface area contributed by atoms with Crippen LogP contribution in [0.5, 0.6) is 0 Å². The Hall–Kier alpha value is -0.890. The molecule has 72 valence electrons. The lowest BCUT2D eigenvalue weighted by atomic mass is 10.2. The van der Waals surface area contributed by atoms with Gasteiger partial charge in [0.1, 0.15) is 0 Å². The van der Waals surface area contributed by atoms with Gasteiger partial charge in [-0.25, -0.2) is 0 Å². The average Bonchev–Trinajstić information content (AvgIpc) is 2.16. The van der Waals surface area contributed by atoms with Crippen molar-refractivity contribution in [3.63, 3.8) is 0 Å². The van der Waals surface area contributed by atoms with Gasteiger partial charge in [0.15, 0.2) is 0 Å². The molecule has 1 rings (SSSR count). The second-order valence-electron chi connectivity index (χ2n) is 3.52. The Labute approximate surface area is 80.4 Å². The minimum absolute atomic E-state index is 0.572. The summed E-state index contributed by atoms with van der Waals surface area (Å²) in [6, 6.07) is 4.74. The summed E-state index contributed by atoms with van der Waals surface area (Å²) in [5.74, 6) is 0. The first kappa shape index (κ1) is 10.2. The molecule has 2 nitrogen and oxygen atoms in total. The molecule has 0 fully saturated rings. The number of aryl methyl sites for hydroxylation is 1. The zero-order valence-corrected chi connectivity index (χ0v) is 8.67. The molecule has 1 aromatic rings. The first-order valence-corrected chi connectivity index (χ1v) is 4.87. The molecule has 1 heterocycles. The number of aromatic nitrogens is 1. The van der Waals surface area contributed by atoms with E-state index in [1.807, 2.05) is 6.20 Å². The standard InChI is InChI=1S/C11H18N2/c1-4-10(3)12-8-11-6-5-9(2)7-13-11/h5-7,10,12H,4,8H2,1-3H3. The lowest BCUT2D eigenvalue weighted by Crippen LogP contribution is -2.24. The zero-order chi connectivity index (χ0) is 9.68. The van der Waals surface area contributed by atoms with Crippen LogP contribution >= 0.6 is 0 Å². The van der Waals surface area contributed by atoms with Crippen LogP contribution in [0, 0.1) is 6.92 Å². The van der Waals surface area contributed by atoms with E-state index < -0.39 is 0 Å². The summed E-state index contributed by atoms with van der Waals surface area (Å²) in [5.41, 5.74) is 2.33. The van der Waals surface area contributed by atoms with E-state index >= 15 is 0 Å². The molecule has 0 aliphatic heterocycles. The van der Waals surface area contributed by atoms with Gasteiger partial charge >= 0.3 is 0 Å². The first-order valence-electron chi connectivity index (χ1n) is 4.87. The second kappa shape index (κ2) is 4.97. The van der Waals surface area contributed by atoms with Crippen molar-refractivity contribution in [2.75, 3.05) is 0 Å². The highest BCUT2D eigenvalue weighted by Crippen LogP contribution is 1.99. The number of nitrogens with zero attached hydrogens (tertiary/aromatic N) is 1. The molecule has 1 atom stereocenters. The molecular weight excluding hydrogens is 160 g/mol. The molecule has 13 heavy (non-hydrogen) atoms. The molecule has 0 saturated heterocycles. The number of hydrogen-bond donors (Lipinski definition) is 1. The average molecular weight is 178 g/mol. The lowest BCUT2D eigenvalue weighted by Gasteiger charge is -2.10. The van der Waals surface area contributed by atoms with Crippen molar-refractivity contribution < 1.29 is 0 Å². The fourth-order valence-corrected chi connectivity index (χ4v) is 1.03. The highest BCUT2D eigenvalue weighted by Gasteiger charge is 1.98. The fraction of sp³-hybridized carbons (Fsp3) is 0.545. The summed E-state index contributed by atoms with van der Waals surface area (Å²) >= 11 is 0. The Bertz CT molecular complexity index is 241. The van der Waals surface area contributed by atoms with Gasteiger partial charge in [0.25, 0.3) is 0 Å². The summed E-state index contributed by atoms with van der Waals surface area (Å²) in [6.45, 7) is 7.29. The van der Waals surface area contributed by atoms with Crippen LogP contribution in [0.1, 0.15) is 31.5 Å². The molecule has 1 N–H and O–H groups in total. The molecule has 0 amide bonds. The monoisotopic (exact) mass is 178 g/mol. The van der Waals surface area contributed by atoms with Crippen LogP contribution in [-0.4, -0.2) is 11.0 Å². The van der Waals surface area contributed by atoms with Gasteiger partial charge in [-0.1, -0.05) is 13.0 Å². The van der Waals surface area contributed by atoms with Crippen LogP contribution in [0.25, 0.3) is 0 Å². The third-order valence-electron chi connectivity index (χ3n) is 2.22. The van der Waals surface area contributed by atoms with E-state index in [9.17, 15) is 0 Å². The molecule has 2 heteroatoms. The van der Waals surface area contributed by atoms with Gasteiger partial charge in [-0.2, -0.15) is 0 Å². The minimum atomic E-state index is 0.572. The van der Waals surface area contributed by atoms with Crippen LogP contribution < -0.4 is 5.32 Å². The van der Waals surface area contributed by atoms with Gasteiger partial charge in [-0.3, -0.25) is 4.98 Å². The number of pyridine rings is 1. The van der Waals surface area contributed by atoms with Crippen LogP contribution in [0.4, 0.5) is 0 Å². The summed E-state index contributed by atoms with van der Waals surface area (Å²) in [6.07, 6.45) is 3.07. The molecule has 0 spiro atoms. The van der Waals surface area contributed by atoms with Gasteiger partial charge in [-0.15, -0.1) is 0 Å². The third-order valence-corrected chi connectivity index (χ3v) is 2.22. The van der Waals surface area contributed by atoms with E-state index in [1.165, 1.54) is 5.56 Å². The molecule has 0 saturated carbocycles. The van der Waals surface area contributed by atoms with Gasteiger partial charge < -0.3 is 5.32 Å². The molecule has 1 unspecified atom stereocenters. The van der Waals surface area contributed by atoms with E-state index in [-0.39, 0.29) is 0 Å². The van der Waals surface area contributed by atoms with Crippen molar-refractivity contribution in [3.8, 4) is 0 Å². The van der Waals surface area contributed by atoms with Crippen LogP contribution in [0.2, 0.25) is 0 Å². The quantitative estimate of drug-likeness (QED) is 0.765.